The van der Waals surface area contributed by atoms with E-state index >= 15 is 0 Å². The number of aliphatic hydroxyl groups is 1. The zero-order valence-corrected chi connectivity index (χ0v) is 8.34. The van der Waals surface area contributed by atoms with Crippen LogP contribution in [0.25, 0.3) is 0 Å². The van der Waals surface area contributed by atoms with Gasteiger partial charge in [-0.3, -0.25) is 0 Å². The van der Waals surface area contributed by atoms with E-state index in [1.54, 1.807) is 12.1 Å². The number of ether oxygens (including phenoxy) is 2. The normalized spacial score (nSPS) is 23.6. The molecule has 4 heteroatoms. The minimum Gasteiger partial charge on any atom is -0.429 e. The molecule has 1 aliphatic heterocycles. The van der Waals surface area contributed by atoms with Crippen LogP contribution in [0.2, 0.25) is 0 Å². The van der Waals surface area contributed by atoms with E-state index in [4.69, 9.17) is 14.6 Å². The molecule has 1 aromatic rings. The number of benzene rings is 1. The highest BCUT2D eigenvalue weighted by Crippen LogP contribution is 2.23. The minimum atomic E-state index is -0.580. The first-order chi connectivity index (χ1) is 7.20. The maximum absolute atomic E-state index is 11.5. The highest BCUT2D eigenvalue weighted by atomic mass is 16.8. The Hall–Kier alpha value is -1.39. The van der Waals surface area contributed by atoms with Gasteiger partial charge in [0.15, 0.2) is 0 Å². The van der Waals surface area contributed by atoms with Crippen molar-refractivity contribution in [3.8, 4) is 0 Å². The fraction of sp³-hybridized carbons (Fsp3) is 0.364. The van der Waals surface area contributed by atoms with Crippen LogP contribution in [0, 0.1) is 6.92 Å². The van der Waals surface area contributed by atoms with E-state index in [0.717, 1.165) is 5.56 Å². The average Bonchev–Trinajstić information content (AvgIpc) is 2.97. The van der Waals surface area contributed by atoms with Crippen LogP contribution >= 0.6 is 0 Å². The summed E-state index contributed by atoms with van der Waals surface area (Å²) in [5.74, 6) is -0.420. The third kappa shape index (κ3) is 2.34. The van der Waals surface area contributed by atoms with Crippen molar-refractivity contribution in [3.63, 3.8) is 0 Å². The molecule has 1 fully saturated rings. The summed E-state index contributed by atoms with van der Waals surface area (Å²) < 4.78 is 9.86. The summed E-state index contributed by atoms with van der Waals surface area (Å²) >= 11 is 0. The Morgan fingerprint density at radius 3 is 2.67 bits per heavy atom. The second kappa shape index (κ2) is 4.00. The topological polar surface area (TPSA) is 59.1 Å². The van der Waals surface area contributed by atoms with Crippen LogP contribution in [0.15, 0.2) is 24.3 Å². The number of rotatable bonds is 3. The molecule has 0 aromatic heterocycles. The predicted molar refractivity (Wildman–Crippen MR) is 52.3 cm³/mol. The molecular formula is C11H12O4. The van der Waals surface area contributed by atoms with Crippen molar-refractivity contribution in [1.29, 1.82) is 0 Å². The van der Waals surface area contributed by atoms with Gasteiger partial charge in [0.25, 0.3) is 0 Å². The monoisotopic (exact) mass is 208 g/mol. The van der Waals surface area contributed by atoms with Crippen LogP contribution < -0.4 is 0 Å². The molecule has 4 nitrogen and oxygen atoms in total. The summed E-state index contributed by atoms with van der Waals surface area (Å²) in [6.07, 6.45) is -0.928. The number of esters is 1. The molecule has 0 aliphatic carbocycles. The van der Waals surface area contributed by atoms with E-state index in [2.05, 4.69) is 0 Å². The molecule has 1 heterocycles. The molecule has 1 saturated heterocycles. The average molecular weight is 208 g/mol. The lowest BCUT2D eigenvalue weighted by Gasteiger charge is -2.01. The van der Waals surface area contributed by atoms with Crippen LogP contribution in [-0.2, 0) is 9.47 Å². The molecule has 2 atom stereocenters. The number of hydrogen-bond acceptors (Lipinski definition) is 4. The first kappa shape index (κ1) is 10.1. The Balaban J connectivity index is 1.94. The van der Waals surface area contributed by atoms with E-state index < -0.39 is 12.3 Å². The van der Waals surface area contributed by atoms with Gasteiger partial charge in [-0.2, -0.15) is 0 Å². The highest BCUT2D eigenvalue weighted by molar-refractivity contribution is 5.89. The smallest absolute Gasteiger partial charge is 0.340 e. The fourth-order valence-electron chi connectivity index (χ4n) is 1.22. The van der Waals surface area contributed by atoms with Crippen LogP contribution in [0.4, 0.5) is 0 Å². The number of aryl methyl sites for hydroxylation is 1. The van der Waals surface area contributed by atoms with Crippen molar-refractivity contribution in [3.05, 3.63) is 35.4 Å². The number of hydrogen-bond donors (Lipinski definition) is 1. The Morgan fingerprint density at radius 2 is 2.13 bits per heavy atom. The minimum absolute atomic E-state index is 0.119. The summed E-state index contributed by atoms with van der Waals surface area (Å²) in [5, 5.41) is 8.68. The van der Waals surface area contributed by atoms with E-state index in [1.165, 1.54) is 0 Å². The molecule has 15 heavy (non-hydrogen) atoms. The lowest BCUT2D eigenvalue weighted by molar-refractivity contribution is 0.0297. The molecule has 1 aliphatic rings. The largest absolute Gasteiger partial charge is 0.429 e. The molecule has 0 bridgehead atoms. The zero-order valence-electron chi connectivity index (χ0n) is 8.34. The number of epoxide rings is 1. The Morgan fingerprint density at radius 1 is 1.47 bits per heavy atom. The van der Waals surface area contributed by atoms with Gasteiger partial charge in [0, 0.05) is 0 Å². The molecule has 0 spiro atoms. The maximum atomic E-state index is 11.5. The van der Waals surface area contributed by atoms with Crippen molar-refractivity contribution in [2.75, 3.05) is 6.61 Å². The predicted octanol–water partition coefficient (Wildman–Crippen LogP) is 0.869. The van der Waals surface area contributed by atoms with Crippen LogP contribution in [-0.4, -0.2) is 30.1 Å². The first-order valence-corrected chi connectivity index (χ1v) is 4.74. The maximum Gasteiger partial charge on any atom is 0.340 e. The van der Waals surface area contributed by atoms with Gasteiger partial charge in [-0.15, -0.1) is 0 Å². The van der Waals surface area contributed by atoms with Crippen molar-refractivity contribution >= 4 is 5.97 Å². The van der Waals surface area contributed by atoms with Crippen molar-refractivity contribution in [1.82, 2.24) is 0 Å². The van der Waals surface area contributed by atoms with E-state index in [-0.39, 0.29) is 12.7 Å². The van der Waals surface area contributed by atoms with Gasteiger partial charge in [-0.05, 0) is 19.1 Å². The lowest BCUT2D eigenvalue weighted by Crippen LogP contribution is -2.11. The summed E-state index contributed by atoms with van der Waals surface area (Å²) in [5.41, 5.74) is 1.58. The standard InChI is InChI=1S/C11H12O4/c1-7-2-4-8(5-3-7)10(13)15-11-9(6-12)14-11/h2-5,9,11-12H,6H2,1H3. The Labute approximate surface area is 87.4 Å². The summed E-state index contributed by atoms with van der Waals surface area (Å²) in [6.45, 7) is 1.83. The second-order valence-electron chi connectivity index (χ2n) is 3.50. The van der Waals surface area contributed by atoms with E-state index in [1.807, 2.05) is 19.1 Å². The van der Waals surface area contributed by atoms with Gasteiger partial charge in [-0.25, -0.2) is 4.79 Å². The third-order valence-corrected chi connectivity index (χ3v) is 2.23. The van der Waals surface area contributed by atoms with Gasteiger partial charge in [-0.1, -0.05) is 17.7 Å². The molecule has 1 aromatic carbocycles. The van der Waals surface area contributed by atoms with E-state index in [9.17, 15) is 4.79 Å². The number of aliphatic hydroxyl groups excluding tert-OH is 1. The molecule has 0 amide bonds. The second-order valence-corrected chi connectivity index (χ2v) is 3.50. The van der Waals surface area contributed by atoms with Gasteiger partial charge >= 0.3 is 5.97 Å². The molecule has 0 radical (unpaired) electrons. The van der Waals surface area contributed by atoms with Crippen LogP contribution in [0.3, 0.4) is 0 Å². The van der Waals surface area contributed by atoms with Gasteiger partial charge in [0.1, 0.15) is 6.10 Å². The zero-order chi connectivity index (χ0) is 10.8. The van der Waals surface area contributed by atoms with Crippen LogP contribution in [0.1, 0.15) is 15.9 Å². The Bertz CT molecular complexity index is 357. The molecular weight excluding hydrogens is 196 g/mol. The third-order valence-electron chi connectivity index (χ3n) is 2.23. The van der Waals surface area contributed by atoms with Crippen LogP contribution in [0.5, 0.6) is 0 Å². The molecule has 80 valence electrons. The lowest BCUT2D eigenvalue weighted by atomic mass is 10.1. The van der Waals surface area contributed by atoms with Crippen molar-refractivity contribution < 1.29 is 19.4 Å². The summed E-state index contributed by atoms with van der Waals surface area (Å²) in [4.78, 5) is 11.5. The molecule has 1 N–H and O–H groups in total. The van der Waals surface area contributed by atoms with Gasteiger partial charge in [0.2, 0.25) is 6.29 Å². The number of carbonyl (C=O) groups excluding carboxylic acids is 1. The fourth-order valence-corrected chi connectivity index (χ4v) is 1.22. The Kier molecular flexibility index (Phi) is 2.70. The van der Waals surface area contributed by atoms with Gasteiger partial charge in [0.05, 0.1) is 12.2 Å². The molecule has 0 saturated carbocycles. The number of carbonyl (C=O) groups is 1. The highest BCUT2D eigenvalue weighted by Gasteiger charge is 2.42. The van der Waals surface area contributed by atoms with Crippen molar-refractivity contribution in [2.45, 2.75) is 19.3 Å². The molecule has 2 unspecified atom stereocenters. The summed E-state index contributed by atoms with van der Waals surface area (Å²) in [6, 6.07) is 7.09. The molecule has 2 rings (SSSR count). The summed E-state index contributed by atoms with van der Waals surface area (Å²) in [7, 11) is 0. The first-order valence-electron chi connectivity index (χ1n) is 4.74. The van der Waals surface area contributed by atoms with Crippen molar-refractivity contribution in [2.24, 2.45) is 0 Å². The SMILES string of the molecule is Cc1ccc(C(=O)OC2OC2CO)cc1. The van der Waals surface area contributed by atoms with Gasteiger partial charge < -0.3 is 14.6 Å². The van der Waals surface area contributed by atoms with E-state index in [0.29, 0.717) is 5.56 Å². The quantitative estimate of drug-likeness (QED) is 0.591.